The Hall–Kier alpha value is -1.26. The molecule has 0 fully saturated rings. The largest absolute Gasteiger partial charge is 0.480 e. The molecule has 3 atom stereocenters. The molecule has 5 nitrogen and oxygen atoms in total. The molecule has 0 rings (SSSR count). The maximum atomic E-state index is 11.8. The Morgan fingerprint density at radius 2 is 1.65 bits per heavy atom. The molecule has 0 spiro atoms. The second-order valence-electron chi connectivity index (χ2n) is 6.05. The number of nitrogens with one attached hydrogen (secondary N) is 2. The highest BCUT2D eigenvalue weighted by molar-refractivity contribution is 5.82. The number of amides is 2. The highest BCUT2D eigenvalue weighted by Gasteiger charge is 2.25. The van der Waals surface area contributed by atoms with E-state index in [1.165, 1.54) is 0 Å². The molecule has 3 N–H and O–H groups in total. The molecule has 20 heavy (non-hydrogen) atoms. The molecule has 0 aliphatic carbocycles. The standard InChI is InChI=1S/C15H30N2O3/c1-6-11(4)13(14(18)19)17-15(20)16-12(5)9-7-8-10(2)3/h10-13H,6-9H2,1-5H3,(H,18,19)(H2,16,17,20). The summed E-state index contributed by atoms with van der Waals surface area (Å²) in [7, 11) is 0. The van der Waals surface area contributed by atoms with Gasteiger partial charge in [-0.25, -0.2) is 9.59 Å². The lowest BCUT2D eigenvalue weighted by Crippen LogP contribution is -2.50. The summed E-state index contributed by atoms with van der Waals surface area (Å²) >= 11 is 0. The second-order valence-corrected chi connectivity index (χ2v) is 6.05. The normalized spacial score (nSPS) is 15.5. The molecular formula is C15H30N2O3. The van der Waals surface area contributed by atoms with Gasteiger partial charge < -0.3 is 15.7 Å². The van der Waals surface area contributed by atoms with Gasteiger partial charge in [-0.15, -0.1) is 0 Å². The van der Waals surface area contributed by atoms with Crippen molar-refractivity contribution in [2.75, 3.05) is 0 Å². The maximum Gasteiger partial charge on any atom is 0.326 e. The van der Waals surface area contributed by atoms with Crippen molar-refractivity contribution >= 4 is 12.0 Å². The van der Waals surface area contributed by atoms with Crippen LogP contribution in [0.5, 0.6) is 0 Å². The summed E-state index contributed by atoms with van der Waals surface area (Å²) in [6.45, 7) is 10.0. The van der Waals surface area contributed by atoms with Crippen molar-refractivity contribution in [3.8, 4) is 0 Å². The highest BCUT2D eigenvalue weighted by atomic mass is 16.4. The summed E-state index contributed by atoms with van der Waals surface area (Å²) in [4.78, 5) is 22.9. The first kappa shape index (κ1) is 18.7. The van der Waals surface area contributed by atoms with Gasteiger partial charge in [-0.1, -0.05) is 47.0 Å². The molecular weight excluding hydrogens is 256 g/mol. The highest BCUT2D eigenvalue weighted by Crippen LogP contribution is 2.09. The van der Waals surface area contributed by atoms with Gasteiger partial charge in [0.2, 0.25) is 0 Å². The fourth-order valence-electron chi connectivity index (χ4n) is 1.99. The Kier molecular flexibility index (Phi) is 9.01. The number of aliphatic carboxylic acids is 1. The minimum Gasteiger partial charge on any atom is -0.480 e. The Bertz CT molecular complexity index is 305. The molecule has 0 aromatic rings. The molecule has 118 valence electrons. The number of carbonyl (C=O) groups excluding carboxylic acids is 1. The topological polar surface area (TPSA) is 78.4 Å². The van der Waals surface area contributed by atoms with Gasteiger partial charge in [0.05, 0.1) is 0 Å². The Morgan fingerprint density at radius 3 is 2.10 bits per heavy atom. The van der Waals surface area contributed by atoms with Crippen molar-refractivity contribution in [1.29, 1.82) is 0 Å². The van der Waals surface area contributed by atoms with Gasteiger partial charge in [0, 0.05) is 6.04 Å². The van der Waals surface area contributed by atoms with Crippen molar-refractivity contribution in [1.82, 2.24) is 10.6 Å². The predicted molar refractivity (Wildman–Crippen MR) is 80.7 cm³/mol. The van der Waals surface area contributed by atoms with Crippen LogP contribution in [0, 0.1) is 11.8 Å². The fraction of sp³-hybridized carbons (Fsp3) is 0.867. The smallest absolute Gasteiger partial charge is 0.326 e. The van der Waals surface area contributed by atoms with Gasteiger partial charge in [-0.05, 0) is 25.2 Å². The van der Waals surface area contributed by atoms with Crippen LogP contribution in [-0.2, 0) is 4.79 Å². The third kappa shape index (κ3) is 8.02. The van der Waals surface area contributed by atoms with Gasteiger partial charge in [-0.2, -0.15) is 0 Å². The van der Waals surface area contributed by atoms with Gasteiger partial charge >= 0.3 is 12.0 Å². The van der Waals surface area contributed by atoms with E-state index in [-0.39, 0.29) is 12.0 Å². The lowest BCUT2D eigenvalue weighted by molar-refractivity contribution is -0.140. The number of rotatable bonds is 9. The minimum absolute atomic E-state index is 0.0557. The average molecular weight is 286 g/mol. The molecule has 5 heteroatoms. The maximum absolute atomic E-state index is 11.8. The molecule has 0 saturated heterocycles. The van der Waals surface area contributed by atoms with E-state index >= 15 is 0 Å². The molecule has 2 amide bonds. The van der Waals surface area contributed by atoms with Crippen LogP contribution >= 0.6 is 0 Å². The molecule has 0 aliphatic rings. The van der Waals surface area contributed by atoms with Crippen molar-refractivity contribution in [3.05, 3.63) is 0 Å². The average Bonchev–Trinajstić information content (AvgIpc) is 2.34. The van der Waals surface area contributed by atoms with E-state index in [2.05, 4.69) is 24.5 Å². The van der Waals surface area contributed by atoms with E-state index in [1.807, 2.05) is 20.8 Å². The van der Waals surface area contributed by atoms with Gasteiger partial charge in [0.1, 0.15) is 6.04 Å². The number of carboxylic acid groups (broad SMARTS) is 1. The van der Waals surface area contributed by atoms with Crippen LogP contribution in [0.2, 0.25) is 0 Å². The number of carboxylic acids is 1. The van der Waals surface area contributed by atoms with Crippen LogP contribution in [0.25, 0.3) is 0 Å². The molecule has 0 bridgehead atoms. The first-order chi connectivity index (χ1) is 9.27. The van der Waals surface area contributed by atoms with Crippen LogP contribution in [0.1, 0.15) is 60.3 Å². The van der Waals surface area contributed by atoms with Crippen LogP contribution in [0.15, 0.2) is 0 Å². The lowest BCUT2D eigenvalue weighted by Gasteiger charge is -2.22. The van der Waals surface area contributed by atoms with E-state index in [0.717, 1.165) is 19.3 Å². The molecule has 0 saturated carbocycles. The second kappa shape index (κ2) is 9.61. The zero-order valence-electron chi connectivity index (χ0n) is 13.4. The SMILES string of the molecule is CCC(C)C(NC(=O)NC(C)CCCC(C)C)C(=O)O. The van der Waals surface area contributed by atoms with Gasteiger partial charge in [-0.3, -0.25) is 0 Å². The first-order valence-electron chi connectivity index (χ1n) is 7.57. The molecule has 0 aromatic heterocycles. The molecule has 0 aliphatic heterocycles. The lowest BCUT2D eigenvalue weighted by atomic mass is 9.99. The summed E-state index contributed by atoms with van der Waals surface area (Å²) in [6.07, 6.45) is 3.82. The Labute approximate surface area is 122 Å². The van der Waals surface area contributed by atoms with Gasteiger partial charge in [0.15, 0.2) is 0 Å². The van der Waals surface area contributed by atoms with E-state index in [0.29, 0.717) is 12.3 Å². The Balaban J connectivity index is 4.15. The number of hydrogen-bond donors (Lipinski definition) is 3. The van der Waals surface area contributed by atoms with Crippen molar-refractivity contribution in [3.63, 3.8) is 0 Å². The summed E-state index contributed by atoms with van der Waals surface area (Å²) in [5.41, 5.74) is 0. The van der Waals surface area contributed by atoms with Crippen LogP contribution in [-0.4, -0.2) is 29.2 Å². The fourth-order valence-corrected chi connectivity index (χ4v) is 1.99. The summed E-state index contributed by atoms with van der Waals surface area (Å²) < 4.78 is 0. The van der Waals surface area contributed by atoms with Crippen molar-refractivity contribution in [2.45, 2.75) is 72.4 Å². The molecule has 0 heterocycles. The van der Waals surface area contributed by atoms with Crippen LogP contribution in [0.4, 0.5) is 4.79 Å². The zero-order chi connectivity index (χ0) is 15.7. The monoisotopic (exact) mass is 286 g/mol. The van der Waals surface area contributed by atoms with Crippen LogP contribution in [0.3, 0.4) is 0 Å². The van der Waals surface area contributed by atoms with E-state index < -0.39 is 18.0 Å². The third-order valence-electron chi connectivity index (χ3n) is 3.56. The summed E-state index contributed by atoms with van der Waals surface area (Å²) in [6, 6.07) is -1.17. The number of urea groups is 1. The number of carbonyl (C=O) groups is 2. The summed E-state index contributed by atoms with van der Waals surface area (Å²) in [5.74, 6) is -0.408. The van der Waals surface area contributed by atoms with E-state index in [1.54, 1.807) is 0 Å². The van der Waals surface area contributed by atoms with Crippen molar-refractivity contribution < 1.29 is 14.7 Å². The minimum atomic E-state index is -0.984. The molecule has 0 aromatic carbocycles. The first-order valence-corrected chi connectivity index (χ1v) is 7.57. The van der Waals surface area contributed by atoms with Crippen molar-refractivity contribution in [2.24, 2.45) is 11.8 Å². The quantitative estimate of drug-likeness (QED) is 0.609. The number of hydrogen-bond acceptors (Lipinski definition) is 2. The van der Waals surface area contributed by atoms with E-state index in [9.17, 15) is 9.59 Å². The Morgan fingerprint density at radius 1 is 1.05 bits per heavy atom. The van der Waals surface area contributed by atoms with Gasteiger partial charge in [0.25, 0.3) is 0 Å². The van der Waals surface area contributed by atoms with E-state index in [4.69, 9.17) is 5.11 Å². The zero-order valence-corrected chi connectivity index (χ0v) is 13.4. The molecule has 0 radical (unpaired) electrons. The predicted octanol–water partition coefficient (Wildman–Crippen LogP) is 3.00. The molecule has 3 unspecified atom stereocenters. The van der Waals surface area contributed by atoms with Crippen LogP contribution < -0.4 is 10.6 Å². The third-order valence-corrected chi connectivity index (χ3v) is 3.56. The summed E-state index contributed by atoms with van der Waals surface area (Å²) in [5, 5.41) is 14.5.